The van der Waals surface area contributed by atoms with Crippen LogP contribution in [0.3, 0.4) is 0 Å². The number of nitrogens with zero attached hydrogens (tertiary/aromatic N) is 1. The summed E-state index contributed by atoms with van der Waals surface area (Å²) in [6.07, 6.45) is 4.82. The van der Waals surface area contributed by atoms with Crippen LogP contribution in [0.5, 0.6) is 0 Å². The SMILES string of the molecule is O=C1CC2(CCCN(CCc3ccccc3)CC2)Nc2ccccc2CN1. The number of benzene rings is 2. The molecule has 27 heavy (non-hydrogen) atoms. The van der Waals surface area contributed by atoms with Gasteiger partial charge in [0, 0.05) is 37.3 Å². The number of likely N-dealkylation sites (tertiary alicyclic amines) is 1. The van der Waals surface area contributed by atoms with Gasteiger partial charge in [-0.25, -0.2) is 0 Å². The molecular formula is C23H29N3O. The highest BCUT2D eigenvalue weighted by molar-refractivity contribution is 5.79. The summed E-state index contributed by atoms with van der Waals surface area (Å²) in [6.45, 7) is 3.85. The highest BCUT2D eigenvalue weighted by Crippen LogP contribution is 2.33. The summed E-state index contributed by atoms with van der Waals surface area (Å²) in [4.78, 5) is 15.0. The number of anilines is 1. The molecule has 1 unspecified atom stereocenters. The van der Waals surface area contributed by atoms with E-state index in [9.17, 15) is 4.79 Å². The Morgan fingerprint density at radius 1 is 0.963 bits per heavy atom. The summed E-state index contributed by atoms with van der Waals surface area (Å²) in [7, 11) is 0. The van der Waals surface area contributed by atoms with Crippen LogP contribution < -0.4 is 10.6 Å². The fraction of sp³-hybridized carbons (Fsp3) is 0.435. The van der Waals surface area contributed by atoms with E-state index in [1.54, 1.807) is 0 Å². The molecule has 0 bridgehead atoms. The van der Waals surface area contributed by atoms with Crippen molar-refractivity contribution in [2.45, 2.75) is 44.2 Å². The second kappa shape index (κ2) is 8.13. The molecule has 0 saturated carbocycles. The molecule has 4 heteroatoms. The first-order valence-corrected chi connectivity index (χ1v) is 10.1. The van der Waals surface area contributed by atoms with E-state index in [1.165, 1.54) is 16.8 Å². The molecule has 4 nitrogen and oxygen atoms in total. The van der Waals surface area contributed by atoms with Crippen molar-refractivity contribution in [2.75, 3.05) is 25.0 Å². The molecule has 1 saturated heterocycles. The Hall–Kier alpha value is -2.33. The van der Waals surface area contributed by atoms with Crippen LogP contribution >= 0.6 is 0 Å². The standard InChI is InChI=1S/C23H29N3O/c27-22-17-23(25-21-10-5-4-9-20(21)18-24-22)12-6-14-26(16-13-23)15-11-19-7-2-1-3-8-19/h1-5,7-10,25H,6,11-18H2,(H,24,27). The highest BCUT2D eigenvalue weighted by atomic mass is 16.1. The van der Waals surface area contributed by atoms with Gasteiger partial charge in [-0.1, -0.05) is 48.5 Å². The predicted octanol–water partition coefficient (Wildman–Crippen LogP) is 3.59. The number of hydrogen-bond acceptors (Lipinski definition) is 3. The molecule has 2 aliphatic heterocycles. The molecule has 2 heterocycles. The van der Waals surface area contributed by atoms with Gasteiger partial charge < -0.3 is 15.5 Å². The molecule has 2 aliphatic rings. The van der Waals surface area contributed by atoms with E-state index >= 15 is 0 Å². The normalized spacial score (nSPS) is 23.5. The van der Waals surface area contributed by atoms with Crippen molar-refractivity contribution in [3.8, 4) is 0 Å². The lowest BCUT2D eigenvalue weighted by molar-refractivity contribution is -0.122. The van der Waals surface area contributed by atoms with Gasteiger partial charge in [0.05, 0.1) is 0 Å². The summed E-state index contributed by atoms with van der Waals surface area (Å²) >= 11 is 0. The van der Waals surface area contributed by atoms with E-state index in [4.69, 9.17) is 0 Å². The Labute approximate surface area is 162 Å². The number of hydrogen-bond donors (Lipinski definition) is 2. The molecule has 0 aliphatic carbocycles. The van der Waals surface area contributed by atoms with Crippen LogP contribution in [0.4, 0.5) is 5.69 Å². The zero-order chi connectivity index (χ0) is 18.5. The summed E-state index contributed by atoms with van der Waals surface area (Å²) in [5.41, 5.74) is 3.61. The van der Waals surface area contributed by atoms with E-state index in [0.29, 0.717) is 13.0 Å². The molecule has 2 aromatic carbocycles. The maximum atomic E-state index is 12.5. The van der Waals surface area contributed by atoms with Gasteiger partial charge in [0.1, 0.15) is 0 Å². The number of para-hydroxylation sites is 1. The second-order valence-corrected chi connectivity index (χ2v) is 7.95. The van der Waals surface area contributed by atoms with Crippen molar-refractivity contribution in [3.05, 3.63) is 65.7 Å². The first-order valence-electron chi connectivity index (χ1n) is 10.1. The van der Waals surface area contributed by atoms with Gasteiger partial charge in [-0.2, -0.15) is 0 Å². The largest absolute Gasteiger partial charge is 0.379 e. The molecule has 1 amide bonds. The lowest BCUT2D eigenvalue weighted by atomic mass is 9.85. The minimum absolute atomic E-state index is 0.137. The van der Waals surface area contributed by atoms with E-state index in [0.717, 1.165) is 45.3 Å². The summed E-state index contributed by atoms with van der Waals surface area (Å²) < 4.78 is 0. The molecule has 2 N–H and O–H groups in total. The first kappa shape index (κ1) is 18.1. The highest BCUT2D eigenvalue weighted by Gasteiger charge is 2.36. The monoisotopic (exact) mass is 363 g/mol. The Morgan fingerprint density at radius 2 is 1.78 bits per heavy atom. The molecule has 0 radical (unpaired) electrons. The third kappa shape index (κ3) is 4.51. The lowest BCUT2D eigenvalue weighted by Gasteiger charge is -2.37. The number of carbonyl (C=O) groups excluding carboxylic acids is 1. The number of amides is 1. The van der Waals surface area contributed by atoms with E-state index in [-0.39, 0.29) is 11.4 Å². The number of nitrogens with one attached hydrogen (secondary N) is 2. The van der Waals surface area contributed by atoms with Crippen molar-refractivity contribution in [2.24, 2.45) is 0 Å². The molecule has 4 rings (SSSR count). The van der Waals surface area contributed by atoms with Crippen molar-refractivity contribution < 1.29 is 4.79 Å². The molecule has 2 aromatic rings. The Morgan fingerprint density at radius 3 is 2.67 bits per heavy atom. The van der Waals surface area contributed by atoms with Crippen LogP contribution in [0.15, 0.2) is 54.6 Å². The zero-order valence-electron chi connectivity index (χ0n) is 15.9. The van der Waals surface area contributed by atoms with Gasteiger partial charge in [-0.05, 0) is 49.4 Å². The summed E-state index contributed by atoms with van der Waals surface area (Å²) in [5.74, 6) is 0.162. The van der Waals surface area contributed by atoms with Gasteiger partial charge in [0.15, 0.2) is 0 Å². The minimum atomic E-state index is -0.137. The quantitative estimate of drug-likeness (QED) is 0.876. The van der Waals surface area contributed by atoms with Crippen molar-refractivity contribution in [1.82, 2.24) is 10.2 Å². The number of fused-ring (bicyclic) bond motifs is 1. The smallest absolute Gasteiger partial charge is 0.222 e. The summed E-state index contributed by atoms with van der Waals surface area (Å²) in [6, 6.07) is 19.1. The summed E-state index contributed by atoms with van der Waals surface area (Å²) in [5, 5.41) is 6.89. The van der Waals surface area contributed by atoms with Crippen LogP contribution in [0.25, 0.3) is 0 Å². The predicted molar refractivity (Wildman–Crippen MR) is 110 cm³/mol. The third-order valence-corrected chi connectivity index (χ3v) is 5.99. The molecule has 142 valence electrons. The van der Waals surface area contributed by atoms with Crippen molar-refractivity contribution >= 4 is 11.6 Å². The van der Waals surface area contributed by atoms with Crippen LogP contribution in [0.1, 0.15) is 36.8 Å². The molecule has 1 atom stereocenters. The minimum Gasteiger partial charge on any atom is -0.379 e. The lowest BCUT2D eigenvalue weighted by Crippen LogP contribution is -2.46. The Bertz CT molecular complexity index is 776. The van der Waals surface area contributed by atoms with Crippen molar-refractivity contribution in [3.63, 3.8) is 0 Å². The molecule has 1 spiro atoms. The second-order valence-electron chi connectivity index (χ2n) is 7.95. The van der Waals surface area contributed by atoms with Gasteiger partial charge in [0.2, 0.25) is 5.91 Å². The average Bonchev–Trinajstić information content (AvgIpc) is 2.88. The average molecular weight is 364 g/mol. The van der Waals surface area contributed by atoms with E-state index in [2.05, 4.69) is 64.1 Å². The van der Waals surface area contributed by atoms with E-state index < -0.39 is 0 Å². The maximum absolute atomic E-state index is 12.5. The fourth-order valence-electron chi connectivity index (χ4n) is 4.40. The van der Waals surface area contributed by atoms with Crippen LogP contribution in [0, 0.1) is 0 Å². The van der Waals surface area contributed by atoms with Gasteiger partial charge in [-0.3, -0.25) is 4.79 Å². The van der Waals surface area contributed by atoms with E-state index in [1.807, 2.05) is 6.07 Å². The number of carbonyl (C=O) groups is 1. The van der Waals surface area contributed by atoms with Gasteiger partial charge in [-0.15, -0.1) is 0 Å². The van der Waals surface area contributed by atoms with Gasteiger partial charge >= 0.3 is 0 Å². The zero-order valence-corrected chi connectivity index (χ0v) is 15.9. The number of rotatable bonds is 3. The van der Waals surface area contributed by atoms with Crippen LogP contribution in [-0.2, 0) is 17.8 Å². The first-order chi connectivity index (χ1) is 13.2. The molecule has 0 aromatic heterocycles. The van der Waals surface area contributed by atoms with Gasteiger partial charge in [0.25, 0.3) is 0 Å². The maximum Gasteiger partial charge on any atom is 0.222 e. The molecular weight excluding hydrogens is 334 g/mol. The van der Waals surface area contributed by atoms with Crippen LogP contribution in [-0.4, -0.2) is 36.0 Å². The fourth-order valence-corrected chi connectivity index (χ4v) is 4.40. The molecule has 1 fully saturated rings. The van der Waals surface area contributed by atoms with Crippen LogP contribution in [0.2, 0.25) is 0 Å². The Balaban J connectivity index is 1.44. The topological polar surface area (TPSA) is 44.4 Å². The third-order valence-electron chi connectivity index (χ3n) is 5.99. The van der Waals surface area contributed by atoms with Crippen molar-refractivity contribution in [1.29, 1.82) is 0 Å². The Kier molecular flexibility index (Phi) is 5.44.